The molecule has 0 aliphatic rings. The van der Waals surface area contributed by atoms with Gasteiger partial charge in [-0.2, -0.15) is 15.6 Å². The second-order valence-corrected chi connectivity index (χ2v) is 4.96. The van der Waals surface area contributed by atoms with E-state index in [1.165, 1.54) is 12.1 Å². The maximum Gasteiger partial charge on any atom is 0.329 e. The van der Waals surface area contributed by atoms with Crippen molar-refractivity contribution in [1.29, 1.82) is 10.5 Å². The van der Waals surface area contributed by atoms with Gasteiger partial charge in [0.2, 0.25) is 5.71 Å². The summed E-state index contributed by atoms with van der Waals surface area (Å²) < 4.78 is 10.8. The summed E-state index contributed by atoms with van der Waals surface area (Å²) in [7, 11) is -4.08. The zero-order valence-corrected chi connectivity index (χ0v) is 10.0. The number of nitriles is 2. The number of hydrogen-bond donors (Lipinski definition) is 3. The van der Waals surface area contributed by atoms with Gasteiger partial charge < -0.3 is 9.79 Å². The predicted molar refractivity (Wildman–Crippen MR) is 64.5 cm³/mol. The molecule has 0 aliphatic carbocycles. The highest BCUT2D eigenvalue weighted by Gasteiger charge is 2.13. The Balaban J connectivity index is 2.74. The molecule has 0 bridgehead atoms. The van der Waals surface area contributed by atoms with Crippen LogP contribution in [0.1, 0.15) is 5.56 Å². The first-order chi connectivity index (χ1) is 8.44. The number of hydrazone groups is 1. The van der Waals surface area contributed by atoms with Crippen LogP contribution in [0.3, 0.4) is 0 Å². The van der Waals surface area contributed by atoms with Gasteiger partial charge in [-0.1, -0.05) is 12.1 Å². The molecule has 0 radical (unpaired) electrons. The molecule has 0 atom stereocenters. The molecule has 18 heavy (non-hydrogen) atoms. The van der Waals surface area contributed by atoms with Gasteiger partial charge in [-0.3, -0.25) is 9.99 Å². The smallest absolute Gasteiger partial charge is 0.324 e. The van der Waals surface area contributed by atoms with Gasteiger partial charge in [-0.05, 0) is 17.7 Å². The molecule has 0 unspecified atom stereocenters. The highest BCUT2D eigenvalue weighted by Crippen LogP contribution is 2.39. The third kappa shape index (κ3) is 4.77. The molecule has 1 rings (SSSR count). The fourth-order valence-corrected chi connectivity index (χ4v) is 1.80. The van der Waals surface area contributed by atoms with Crippen LogP contribution < -0.4 is 5.43 Å². The summed E-state index contributed by atoms with van der Waals surface area (Å²) in [6.45, 7) is 0. The SMILES string of the molecule is N#CC(C#N)=NNc1ccc(CP(=O)(O)O)cc1. The van der Waals surface area contributed by atoms with E-state index >= 15 is 0 Å². The van der Waals surface area contributed by atoms with Gasteiger partial charge in [0.15, 0.2) is 0 Å². The highest BCUT2D eigenvalue weighted by molar-refractivity contribution is 7.50. The van der Waals surface area contributed by atoms with Crippen LogP contribution in [0.15, 0.2) is 29.4 Å². The van der Waals surface area contributed by atoms with E-state index in [1.807, 2.05) is 0 Å². The van der Waals surface area contributed by atoms with E-state index in [-0.39, 0.29) is 11.9 Å². The molecule has 0 aliphatic heterocycles. The molecule has 0 amide bonds. The lowest BCUT2D eigenvalue weighted by Gasteiger charge is -2.05. The monoisotopic (exact) mass is 264 g/mol. The van der Waals surface area contributed by atoms with Crippen LogP contribution >= 0.6 is 7.60 Å². The van der Waals surface area contributed by atoms with Gasteiger partial charge >= 0.3 is 7.60 Å². The van der Waals surface area contributed by atoms with Crippen molar-refractivity contribution in [1.82, 2.24) is 0 Å². The van der Waals surface area contributed by atoms with Crippen molar-refractivity contribution in [2.24, 2.45) is 5.10 Å². The predicted octanol–water partition coefficient (Wildman–Crippen LogP) is 1.18. The molecule has 3 N–H and O–H groups in total. The van der Waals surface area contributed by atoms with E-state index in [4.69, 9.17) is 20.3 Å². The maximum atomic E-state index is 10.8. The summed E-state index contributed by atoms with van der Waals surface area (Å²) in [6.07, 6.45) is -0.335. The Kier molecular flexibility index (Phi) is 4.59. The third-order valence-corrected chi connectivity index (χ3v) is 2.63. The summed E-state index contributed by atoms with van der Waals surface area (Å²) >= 11 is 0. The van der Waals surface area contributed by atoms with Crippen LogP contribution in [0.25, 0.3) is 0 Å². The zero-order valence-electron chi connectivity index (χ0n) is 9.11. The van der Waals surface area contributed by atoms with Gasteiger partial charge in [0.25, 0.3) is 0 Å². The van der Waals surface area contributed by atoms with Crippen LogP contribution in [0, 0.1) is 22.7 Å². The first-order valence-corrected chi connectivity index (χ1v) is 6.52. The molecular weight excluding hydrogens is 255 g/mol. The summed E-state index contributed by atoms with van der Waals surface area (Å²) in [5.74, 6) is 0. The van der Waals surface area contributed by atoms with Gasteiger partial charge in [0, 0.05) is 0 Å². The van der Waals surface area contributed by atoms with E-state index in [1.54, 1.807) is 24.3 Å². The minimum Gasteiger partial charge on any atom is -0.324 e. The van der Waals surface area contributed by atoms with Crippen molar-refractivity contribution in [2.45, 2.75) is 6.16 Å². The van der Waals surface area contributed by atoms with Gasteiger partial charge in [0.1, 0.15) is 12.1 Å². The van der Waals surface area contributed by atoms with Crippen LogP contribution in [-0.2, 0) is 10.7 Å². The highest BCUT2D eigenvalue weighted by atomic mass is 31.2. The summed E-state index contributed by atoms with van der Waals surface area (Å²) in [4.78, 5) is 17.6. The summed E-state index contributed by atoms with van der Waals surface area (Å²) in [5, 5.41) is 20.4. The fraction of sp³-hybridized carbons (Fsp3) is 0.100. The molecule has 1 aromatic rings. The zero-order chi connectivity index (χ0) is 13.6. The van der Waals surface area contributed by atoms with Crippen molar-refractivity contribution < 1.29 is 14.4 Å². The lowest BCUT2D eigenvalue weighted by atomic mass is 10.2. The molecule has 1 aromatic carbocycles. The standard InChI is InChI=1S/C10H9N4O3P/c11-5-10(6-12)14-13-9-3-1-8(2-4-9)7-18(15,16)17/h1-4,13H,7H2,(H2,15,16,17). The number of hydrogen-bond acceptors (Lipinski definition) is 5. The van der Waals surface area contributed by atoms with Crippen LogP contribution in [0.5, 0.6) is 0 Å². The minimum atomic E-state index is -4.08. The Bertz CT molecular complexity index is 561. The summed E-state index contributed by atoms with van der Waals surface area (Å²) in [6, 6.07) is 9.31. The molecule has 0 fully saturated rings. The Hall–Kier alpha value is -2.18. The third-order valence-electron chi connectivity index (χ3n) is 1.85. The Morgan fingerprint density at radius 1 is 1.28 bits per heavy atom. The van der Waals surface area contributed by atoms with Crippen LogP contribution in [0.2, 0.25) is 0 Å². The van der Waals surface area contributed by atoms with E-state index in [9.17, 15) is 4.57 Å². The van der Waals surface area contributed by atoms with Crippen LogP contribution in [0.4, 0.5) is 5.69 Å². The lowest BCUT2D eigenvalue weighted by molar-refractivity contribution is 0.371. The van der Waals surface area contributed by atoms with Crippen LogP contribution in [-0.4, -0.2) is 15.5 Å². The first kappa shape index (κ1) is 13.9. The first-order valence-electron chi connectivity index (χ1n) is 4.72. The molecule has 0 aromatic heterocycles. The normalized spacial score (nSPS) is 10.0. The fourth-order valence-electron chi connectivity index (χ4n) is 1.12. The van der Waals surface area contributed by atoms with E-state index < -0.39 is 7.60 Å². The van der Waals surface area contributed by atoms with Crippen molar-refractivity contribution >= 4 is 19.0 Å². The summed E-state index contributed by atoms with van der Waals surface area (Å²) in [5.41, 5.74) is 3.17. The second kappa shape index (κ2) is 5.95. The lowest BCUT2D eigenvalue weighted by Crippen LogP contribution is -1.96. The Morgan fingerprint density at radius 3 is 2.28 bits per heavy atom. The van der Waals surface area contributed by atoms with Crippen molar-refractivity contribution in [2.75, 3.05) is 5.43 Å². The number of benzene rings is 1. The maximum absolute atomic E-state index is 10.8. The number of rotatable bonds is 4. The average Bonchev–Trinajstić information content (AvgIpc) is 2.30. The molecule has 8 heteroatoms. The molecule has 0 heterocycles. The van der Waals surface area contributed by atoms with E-state index in [2.05, 4.69) is 10.5 Å². The molecule has 7 nitrogen and oxygen atoms in total. The van der Waals surface area contributed by atoms with Gasteiger partial charge in [-0.15, -0.1) is 0 Å². The Labute approximate surface area is 103 Å². The number of nitrogens with zero attached hydrogens (tertiary/aromatic N) is 3. The van der Waals surface area contributed by atoms with Gasteiger partial charge in [-0.25, -0.2) is 0 Å². The molecule has 0 saturated heterocycles. The number of nitrogens with one attached hydrogen (secondary N) is 1. The van der Waals surface area contributed by atoms with E-state index in [0.717, 1.165) is 0 Å². The van der Waals surface area contributed by atoms with Crippen molar-refractivity contribution in [3.8, 4) is 12.1 Å². The molecule has 0 spiro atoms. The quantitative estimate of drug-likeness (QED) is 0.425. The second-order valence-electron chi connectivity index (χ2n) is 3.32. The Morgan fingerprint density at radius 2 is 1.83 bits per heavy atom. The molecule has 0 saturated carbocycles. The molecular formula is C10H9N4O3P. The molecule has 92 valence electrons. The van der Waals surface area contributed by atoms with E-state index in [0.29, 0.717) is 11.3 Å². The topological polar surface area (TPSA) is 130 Å². The van der Waals surface area contributed by atoms with Crippen molar-refractivity contribution in [3.05, 3.63) is 29.8 Å². The number of anilines is 1. The average molecular weight is 264 g/mol. The largest absolute Gasteiger partial charge is 0.329 e. The van der Waals surface area contributed by atoms with Gasteiger partial charge in [0.05, 0.1) is 11.8 Å². The minimum absolute atomic E-state index is 0.311. The van der Waals surface area contributed by atoms with Crippen molar-refractivity contribution in [3.63, 3.8) is 0 Å².